The second-order valence-electron chi connectivity index (χ2n) is 30.6. The molecule has 22 heteroatoms. The van der Waals surface area contributed by atoms with Gasteiger partial charge in [0.25, 0.3) is 0 Å². The second-order valence-corrected chi connectivity index (χ2v) is 33.8. The number of rotatable bonds is 23. The maximum absolute atomic E-state index is 12.7. The Hall–Kier alpha value is -9.16. The van der Waals surface area contributed by atoms with Crippen LogP contribution in [-0.2, 0) is 14.2 Å². The van der Waals surface area contributed by atoms with E-state index in [1.54, 1.807) is 65.2 Å². The van der Waals surface area contributed by atoms with Crippen molar-refractivity contribution in [1.29, 1.82) is 0 Å². The minimum Gasteiger partial charge on any atom is -0.493 e. The van der Waals surface area contributed by atoms with Gasteiger partial charge in [0.1, 0.15) is 30.6 Å². The van der Waals surface area contributed by atoms with Crippen molar-refractivity contribution in [3.63, 3.8) is 0 Å². The van der Waals surface area contributed by atoms with Crippen LogP contribution in [-0.4, -0.2) is 118 Å². The molecule has 3 fully saturated rings. The topological polar surface area (TPSA) is 206 Å². The van der Waals surface area contributed by atoms with Crippen molar-refractivity contribution >= 4 is 115 Å². The molecule has 12 aromatic rings. The largest absolute Gasteiger partial charge is 0.493 e. The highest BCUT2D eigenvalue weighted by Crippen LogP contribution is 2.47. The standard InChI is InChI=1S/2C30H32FNO4S.C29H29F2NO4S/c2*1-18-8-9-24(35-17-20-10-12-30(3,13-11-20)36-15-14-31)26-22(29(33)34)16-23(32-27(18)26)28-19(2)21-6-4-5-7-25(21)37-28;1-16-8-9-22(35-15-18-10-12-29(3,13-11-18)36-28(30)31)24-20(27(33)34)14-21(32-25(16)24)26-17(2)19-6-4-5-7-23(19)37-26/h2*4-9,16,20H,10-15,17H2,1-3H3,(H,33,34);4-9,14,18,28H,10-13,15H2,1-3H3,(H,33,34). The predicted octanol–water partition coefficient (Wildman–Crippen LogP) is 23.5. The lowest BCUT2D eigenvalue weighted by Gasteiger charge is -2.37. The van der Waals surface area contributed by atoms with Crippen molar-refractivity contribution in [2.24, 2.45) is 17.8 Å². The Balaban J connectivity index is 0.000000146. The summed E-state index contributed by atoms with van der Waals surface area (Å²) < 4.78 is 89.0. The lowest BCUT2D eigenvalue weighted by molar-refractivity contribution is -0.214. The lowest BCUT2D eigenvalue weighted by Crippen LogP contribution is -2.36. The Morgan fingerprint density at radius 1 is 0.432 bits per heavy atom. The number of aromatic nitrogens is 3. The monoisotopic (exact) mass is 1570 g/mol. The molecule has 6 heterocycles. The van der Waals surface area contributed by atoms with Crippen LogP contribution in [0.3, 0.4) is 0 Å². The number of carboxylic acids is 3. The van der Waals surface area contributed by atoms with E-state index in [0.717, 1.165) is 130 Å². The van der Waals surface area contributed by atoms with Crippen LogP contribution < -0.4 is 14.2 Å². The predicted molar refractivity (Wildman–Crippen MR) is 436 cm³/mol. The SMILES string of the molecule is Cc1c(-c2cc(C(=O)O)c3c(OCC4CCC(C)(OC(F)F)CC4)ccc(C)c3n2)sc2ccccc12.Cc1c(-c2cc(C(=O)O)c3c(OCC4CCC(C)(OCCF)CC4)ccc(C)c3n2)sc2ccccc12.Cc1c(-c2cc(C(=O)O)c3c(OCC4CCC(C)(OCCF)CC4)ccc(C)c3n2)sc2ccccc12. The van der Waals surface area contributed by atoms with E-state index in [4.69, 9.17) is 43.4 Å². The molecule has 0 aliphatic heterocycles. The third-order valence-corrected chi connectivity index (χ3v) is 26.5. The van der Waals surface area contributed by atoms with Crippen molar-refractivity contribution in [3.05, 3.63) is 177 Å². The maximum atomic E-state index is 12.7. The number of hydrogen-bond acceptors (Lipinski definition) is 15. The number of fused-ring (bicyclic) bond motifs is 6. The molecule has 0 atom stereocenters. The summed E-state index contributed by atoms with van der Waals surface area (Å²) in [5, 5.41) is 35.6. The molecule has 0 radical (unpaired) electrons. The molecule has 3 aliphatic carbocycles. The molecule has 15 nitrogen and oxygen atoms in total. The van der Waals surface area contributed by atoms with Gasteiger partial charge in [0, 0.05) is 14.1 Å². The molecule has 3 aliphatic rings. The zero-order valence-corrected chi connectivity index (χ0v) is 66.4. The van der Waals surface area contributed by atoms with Gasteiger partial charge in [-0.15, -0.1) is 34.0 Å². The minimum atomic E-state index is -2.78. The van der Waals surface area contributed by atoms with Gasteiger partial charge in [-0.25, -0.2) is 38.1 Å². The Labute approximate surface area is 654 Å². The molecule has 0 amide bonds. The first-order chi connectivity index (χ1) is 53.2. The van der Waals surface area contributed by atoms with Crippen LogP contribution in [0.1, 0.15) is 162 Å². The van der Waals surface area contributed by atoms with Crippen molar-refractivity contribution in [3.8, 4) is 49.0 Å². The first kappa shape index (κ1) is 79.9. The molecule has 0 bridgehead atoms. The molecule has 3 saturated carbocycles. The van der Waals surface area contributed by atoms with Crippen LogP contribution in [0.5, 0.6) is 17.2 Å². The van der Waals surface area contributed by atoms with E-state index in [1.807, 2.05) is 108 Å². The zero-order chi connectivity index (χ0) is 78.6. The molecule has 3 N–H and O–H groups in total. The molecular formula is C89H93F4N3O12S3. The number of carbonyl (C=O) groups is 3. The number of carboxylic acid groups (broad SMARTS) is 3. The van der Waals surface area contributed by atoms with Gasteiger partial charge in [-0.1, -0.05) is 72.8 Å². The summed E-state index contributed by atoms with van der Waals surface area (Å²) in [6.07, 6.45) is 9.57. The lowest BCUT2D eigenvalue weighted by atomic mass is 9.80. The summed E-state index contributed by atoms with van der Waals surface area (Å²) in [5.74, 6) is -0.628. The van der Waals surface area contributed by atoms with Crippen molar-refractivity contribution in [2.75, 3.05) is 46.4 Å². The Morgan fingerprint density at radius 3 is 0.973 bits per heavy atom. The minimum absolute atomic E-state index is 0.140. The molecule has 15 rings (SSSR count). The highest BCUT2D eigenvalue weighted by atomic mass is 32.1. The third-order valence-electron chi connectivity index (χ3n) is 22.6. The molecule has 0 unspecified atom stereocenters. The smallest absolute Gasteiger partial charge is 0.345 e. The summed E-state index contributed by atoms with van der Waals surface area (Å²) >= 11 is 4.87. The van der Waals surface area contributed by atoms with Gasteiger partial charge in [0.2, 0.25) is 0 Å². The van der Waals surface area contributed by atoms with E-state index in [1.165, 1.54) is 0 Å². The van der Waals surface area contributed by atoms with Gasteiger partial charge in [0.15, 0.2) is 0 Å². The van der Waals surface area contributed by atoms with Gasteiger partial charge < -0.3 is 43.7 Å². The average molecular weight is 1570 g/mol. The van der Waals surface area contributed by atoms with E-state index in [-0.39, 0.29) is 47.0 Å². The van der Waals surface area contributed by atoms with Crippen LogP contribution in [0.4, 0.5) is 17.6 Å². The van der Waals surface area contributed by atoms with E-state index in [2.05, 4.69) is 50.2 Å². The number of benzene rings is 6. The fraction of sp³-hybridized carbons (Fsp3) is 0.393. The van der Waals surface area contributed by atoms with E-state index in [0.29, 0.717) is 124 Å². The summed E-state index contributed by atoms with van der Waals surface area (Å²) in [6.45, 7) is 15.7. The van der Waals surface area contributed by atoms with Crippen molar-refractivity contribution < 1.29 is 75.7 Å². The van der Waals surface area contributed by atoms with E-state index >= 15 is 0 Å². The fourth-order valence-electron chi connectivity index (χ4n) is 16.0. The molecule has 0 saturated heterocycles. The number of hydrogen-bond donors (Lipinski definition) is 3. The zero-order valence-electron chi connectivity index (χ0n) is 64.0. The molecular weight excluding hydrogens is 1480 g/mol. The van der Waals surface area contributed by atoms with Gasteiger partial charge in [0.05, 0.1) is 131 Å². The Kier molecular flexibility index (Phi) is 24.5. The summed E-state index contributed by atoms with van der Waals surface area (Å²) in [6, 6.07) is 40.8. The number of nitrogens with zero attached hydrogens (tertiary/aromatic N) is 3. The Morgan fingerprint density at radius 2 is 0.712 bits per heavy atom. The van der Waals surface area contributed by atoms with Crippen LogP contribution in [0.25, 0.3) is 94.7 Å². The third kappa shape index (κ3) is 17.6. The van der Waals surface area contributed by atoms with Crippen LogP contribution in [0, 0.1) is 59.3 Å². The number of ether oxygens (including phenoxy) is 6. The summed E-state index contributed by atoms with van der Waals surface area (Å²) in [7, 11) is 0. The number of thiophene rings is 3. The van der Waals surface area contributed by atoms with E-state index in [9.17, 15) is 47.3 Å². The van der Waals surface area contributed by atoms with E-state index < -0.39 is 43.5 Å². The summed E-state index contributed by atoms with van der Waals surface area (Å²) in [4.78, 5) is 55.1. The van der Waals surface area contributed by atoms with Gasteiger partial charge >= 0.3 is 24.5 Å². The van der Waals surface area contributed by atoms with Crippen molar-refractivity contribution in [1.82, 2.24) is 15.0 Å². The number of pyridine rings is 3. The molecule has 6 aromatic heterocycles. The second kappa shape index (κ2) is 34.0. The van der Waals surface area contributed by atoms with Crippen molar-refractivity contribution in [2.45, 2.75) is 163 Å². The number of alkyl halides is 4. The number of aromatic carboxylic acids is 3. The molecule has 582 valence electrons. The van der Waals surface area contributed by atoms with Crippen LogP contribution >= 0.6 is 34.0 Å². The highest BCUT2D eigenvalue weighted by Gasteiger charge is 2.37. The van der Waals surface area contributed by atoms with Gasteiger partial charge in [-0.05, 0) is 261 Å². The average Bonchev–Trinajstić information content (AvgIpc) is 1.75. The summed E-state index contributed by atoms with van der Waals surface area (Å²) in [5.41, 5.74) is 9.03. The molecule has 0 spiro atoms. The normalized spacial score (nSPS) is 20.0. The maximum Gasteiger partial charge on any atom is 0.345 e. The van der Waals surface area contributed by atoms with Crippen LogP contribution in [0.15, 0.2) is 127 Å². The fourth-order valence-corrected chi connectivity index (χ4v) is 19.5. The molecule has 6 aromatic carbocycles. The van der Waals surface area contributed by atoms with Gasteiger partial charge in [-0.2, -0.15) is 8.78 Å². The Bertz CT molecular complexity index is 5220. The quantitative estimate of drug-likeness (QED) is 0.0509. The van der Waals surface area contributed by atoms with Crippen LogP contribution in [0.2, 0.25) is 0 Å². The highest BCUT2D eigenvalue weighted by molar-refractivity contribution is 7.23. The first-order valence-electron chi connectivity index (χ1n) is 38.0. The van der Waals surface area contributed by atoms with Gasteiger partial charge in [-0.3, -0.25) is 0 Å². The molecule has 111 heavy (non-hydrogen) atoms. The number of halogens is 4. The first-order valence-corrected chi connectivity index (χ1v) is 40.4. The number of aryl methyl sites for hydroxylation is 6.